The van der Waals surface area contributed by atoms with Gasteiger partial charge in [0.1, 0.15) is 11.4 Å². The summed E-state index contributed by atoms with van der Waals surface area (Å²) in [6.45, 7) is 1.80. The lowest BCUT2D eigenvalue weighted by Crippen LogP contribution is -2.51. The lowest BCUT2D eigenvalue weighted by Gasteiger charge is -2.17. The molecule has 0 bridgehead atoms. The van der Waals surface area contributed by atoms with Gasteiger partial charge in [0.05, 0.1) is 10.2 Å². The highest BCUT2D eigenvalue weighted by Crippen LogP contribution is 2.35. The van der Waals surface area contributed by atoms with Crippen LogP contribution in [0.2, 0.25) is 0 Å². The molecule has 2 aromatic carbocycles. The van der Waals surface area contributed by atoms with Gasteiger partial charge in [-0.15, -0.1) is 0 Å². The van der Waals surface area contributed by atoms with Gasteiger partial charge >= 0.3 is 0 Å². The summed E-state index contributed by atoms with van der Waals surface area (Å²) in [4.78, 5) is 36.4. The topological polar surface area (TPSA) is 106 Å². The number of rotatable bonds is 7. The molecule has 1 aliphatic rings. The van der Waals surface area contributed by atoms with Crippen molar-refractivity contribution in [2.24, 2.45) is 0 Å². The van der Waals surface area contributed by atoms with Gasteiger partial charge < -0.3 is 14.8 Å². The van der Waals surface area contributed by atoms with Gasteiger partial charge in [-0.3, -0.25) is 25.0 Å². The monoisotopic (exact) mass is 569 g/mol. The maximum atomic E-state index is 13.0. The van der Waals surface area contributed by atoms with Crippen LogP contribution in [0, 0.1) is 9.39 Å². The lowest BCUT2D eigenvalue weighted by molar-refractivity contribution is -0.123. The van der Waals surface area contributed by atoms with Crippen molar-refractivity contribution in [3.05, 3.63) is 56.9 Å². The first kappa shape index (κ1) is 23.6. The number of amides is 3. The van der Waals surface area contributed by atoms with E-state index in [1.165, 1.54) is 30.3 Å². The molecule has 0 unspecified atom stereocenters. The Balaban J connectivity index is 1.78. The largest absolute Gasteiger partial charge is 0.490 e. The summed E-state index contributed by atoms with van der Waals surface area (Å²) in [5.74, 6) is -1.38. The Hall–Kier alpha value is -3.06. The molecule has 8 nitrogen and oxygen atoms in total. The predicted molar refractivity (Wildman–Crippen MR) is 128 cm³/mol. The lowest BCUT2D eigenvalue weighted by atomic mass is 10.1. The van der Waals surface area contributed by atoms with E-state index < -0.39 is 23.5 Å². The Bertz CT molecular complexity index is 1100. The number of ether oxygens (including phenoxy) is 2. The molecule has 11 heteroatoms. The highest BCUT2D eigenvalue weighted by atomic mass is 127. The molecule has 1 saturated heterocycles. The summed E-state index contributed by atoms with van der Waals surface area (Å²) in [6.07, 6.45) is 1.40. The molecule has 0 radical (unpaired) electrons. The fourth-order valence-electron chi connectivity index (χ4n) is 2.72. The third-order valence-corrected chi connectivity index (χ3v) is 5.07. The van der Waals surface area contributed by atoms with Crippen LogP contribution >= 0.6 is 34.8 Å². The second kappa shape index (κ2) is 10.5. The van der Waals surface area contributed by atoms with Crippen molar-refractivity contribution in [3.8, 4) is 11.5 Å². The highest BCUT2D eigenvalue weighted by molar-refractivity contribution is 14.1. The van der Waals surface area contributed by atoms with Crippen LogP contribution in [0.25, 0.3) is 6.08 Å². The molecule has 3 N–H and O–H groups in total. The van der Waals surface area contributed by atoms with Crippen molar-refractivity contribution in [2.75, 3.05) is 18.5 Å². The number of carbonyl (C=O) groups excluding carboxylic acids is 3. The molecular weight excluding hydrogens is 552 g/mol. The summed E-state index contributed by atoms with van der Waals surface area (Å²) in [7, 11) is 0. The minimum Gasteiger partial charge on any atom is -0.490 e. The van der Waals surface area contributed by atoms with Gasteiger partial charge in [0, 0.05) is 5.69 Å². The Kier molecular flexibility index (Phi) is 7.75. The fourth-order valence-corrected chi connectivity index (χ4v) is 3.68. The van der Waals surface area contributed by atoms with Crippen LogP contribution in [0.5, 0.6) is 11.5 Å². The van der Waals surface area contributed by atoms with E-state index in [1.54, 1.807) is 19.1 Å². The first-order valence-electron chi connectivity index (χ1n) is 9.29. The molecule has 1 aliphatic heterocycles. The van der Waals surface area contributed by atoms with Gasteiger partial charge in [-0.25, -0.2) is 4.39 Å². The normalized spacial score (nSPS) is 13.2. The third kappa shape index (κ3) is 6.01. The third-order valence-electron chi connectivity index (χ3n) is 4.06. The van der Waals surface area contributed by atoms with Gasteiger partial charge in [-0.1, -0.05) is 0 Å². The fraction of sp³-hybridized carbons (Fsp3) is 0.143. The quantitative estimate of drug-likeness (QED) is 0.205. The molecule has 0 spiro atoms. The predicted octanol–water partition coefficient (Wildman–Crippen LogP) is 2.76. The van der Waals surface area contributed by atoms with Crippen LogP contribution in [-0.4, -0.2) is 36.0 Å². The van der Waals surface area contributed by atoms with Crippen LogP contribution in [0.1, 0.15) is 12.5 Å². The number of hydrogen-bond acceptors (Lipinski definition) is 6. The van der Waals surface area contributed by atoms with E-state index in [1.807, 2.05) is 22.6 Å². The van der Waals surface area contributed by atoms with E-state index in [4.69, 9.17) is 21.7 Å². The minimum atomic E-state index is -0.607. The minimum absolute atomic E-state index is 0.0515. The van der Waals surface area contributed by atoms with Gasteiger partial charge in [0.15, 0.2) is 23.2 Å². The summed E-state index contributed by atoms with van der Waals surface area (Å²) in [5.41, 5.74) is 0.850. The van der Waals surface area contributed by atoms with Crippen LogP contribution < -0.4 is 25.4 Å². The number of hydrogen-bond donors (Lipinski definition) is 3. The smallest absolute Gasteiger partial charge is 0.263 e. The van der Waals surface area contributed by atoms with Gasteiger partial charge in [-0.2, -0.15) is 0 Å². The molecule has 32 heavy (non-hydrogen) atoms. The average Bonchev–Trinajstić information content (AvgIpc) is 2.72. The molecule has 3 amide bonds. The van der Waals surface area contributed by atoms with E-state index in [0.717, 1.165) is 0 Å². The molecule has 1 fully saturated rings. The Labute approximate surface area is 201 Å². The number of benzene rings is 2. The van der Waals surface area contributed by atoms with Crippen LogP contribution in [0.3, 0.4) is 0 Å². The molecule has 2 aromatic rings. The number of thiocarbonyl (C=S) groups is 1. The number of carbonyl (C=O) groups is 3. The molecule has 0 saturated carbocycles. The highest BCUT2D eigenvalue weighted by Gasteiger charge is 2.26. The Morgan fingerprint density at radius 1 is 1.16 bits per heavy atom. The summed E-state index contributed by atoms with van der Waals surface area (Å²) in [6, 6.07) is 8.63. The van der Waals surface area contributed by atoms with Crippen LogP contribution in [0.15, 0.2) is 42.0 Å². The number of halogens is 2. The second-order valence-electron chi connectivity index (χ2n) is 6.40. The SMILES string of the molecule is CCOc1cc(C=C2C(=O)NC(=S)NC2=O)cc(I)c1OCC(=O)Nc1ccc(F)cc1. The molecule has 1 heterocycles. The molecular formula is C21H17FIN3O5S. The molecule has 166 valence electrons. The maximum Gasteiger partial charge on any atom is 0.263 e. The second-order valence-corrected chi connectivity index (χ2v) is 7.97. The van der Waals surface area contributed by atoms with E-state index in [9.17, 15) is 18.8 Å². The zero-order valence-electron chi connectivity index (χ0n) is 16.7. The van der Waals surface area contributed by atoms with E-state index >= 15 is 0 Å². The average molecular weight is 569 g/mol. The van der Waals surface area contributed by atoms with Crippen LogP contribution in [0.4, 0.5) is 10.1 Å². The maximum absolute atomic E-state index is 13.0. The van der Waals surface area contributed by atoms with E-state index in [-0.39, 0.29) is 17.3 Å². The van der Waals surface area contributed by atoms with Crippen molar-refractivity contribution in [1.82, 2.24) is 10.6 Å². The van der Waals surface area contributed by atoms with E-state index in [0.29, 0.717) is 32.9 Å². The van der Waals surface area contributed by atoms with Gasteiger partial charge in [0.2, 0.25) is 0 Å². The van der Waals surface area contributed by atoms with E-state index in [2.05, 4.69) is 16.0 Å². The van der Waals surface area contributed by atoms with Crippen molar-refractivity contribution in [1.29, 1.82) is 0 Å². The Morgan fingerprint density at radius 3 is 2.44 bits per heavy atom. The van der Waals surface area contributed by atoms with Crippen molar-refractivity contribution in [2.45, 2.75) is 6.92 Å². The van der Waals surface area contributed by atoms with Gasteiger partial charge in [-0.05, 0) is 89.8 Å². The molecule has 0 atom stereocenters. The van der Waals surface area contributed by atoms with Crippen molar-refractivity contribution >= 4 is 69.4 Å². The summed E-state index contributed by atoms with van der Waals surface area (Å²) >= 11 is 6.79. The van der Waals surface area contributed by atoms with Crippen LogP contribution in [-0.2, 0) is 14.4 Å². The van der Waals surface area contributed by atoms with Gasteiger partial charge in [0.25, 0.3) is 17.7 Å². The molecule has 3 rings (SSSR count). The standard InChI is InChI=1S/C21H17FIN3O5S/c1-2-30-16-9-11(7-14-19(28)25-21(32)26-20(14)29)8-15(23)18(16)31-10-17(27)24-13-5-3-12(22)4-6-13/h3-9H,2,10H2,1H3,(H,24,27)(H2,25,26,28,29,32). The zero-order valence-corrected chi connectivity index (χ0v) is 19.6. The Morgan fingerprint density at radius 2 is 1.81 bits per heavy atom. The molecule has 0 aromatic heterocycles. The van der Waals surface area contributed by atoms with Crippen molar-refractivity contribution in [3.63, 3.8) is 0 Å². The first-order valence-corrected chi connectivity index (χ1v) is 10.8. The zero-order chi connectivity index (χ0) is 23.3. The number of nitrogens with one attached hydrogen (secondary N) is 3. The van der Waals surface area contributed by atoms with Crippen molar-refractivity contribution < 1.29 is 28.2 Å². The first-order chi connectivity index (χ1) is 15.3. The summed E-state index contributed by atoms with van der Waals surface area (Å²) in [5, 5.41) is 7.30. The summed E-state index contributed by atoms with van der Waals surface area (Å²) < 4.78 is 24.9. The number of anilines is 1. The molecule has 0 aliphatic carbocycles.